The zero-order valence-electron chi connectivity index (χ0n) is 10.6. The van der Waals surface area contributed by atoms with Gasteiger partial charge in [-0.2, -0.15) is 0 Å². The number of benzene rings is 1. The Hall–Kier alpha value is -1.82. The molecular formula is C13H14ClFN2O3. The van der Waals surface area contributed by atoms with Crippen LogP contribution in [0.2, 0.25) is 5.02 Å². The molecule has 2 N–H and O–H groups in total. The van der Waals surface area contributed by atoms with E-state index in [1.807, 2.05) is 0 Å². The monoisotopic (exact) mass is 300 g/mol. The Morgan fingerprint density at radius 3 is 2.85 bits per heavy atom. The summed E-state index contributed by atoms with van der Waals surface area (Å²) in [7, 11) is 0. The molecule has 2 rings (SSSR count). The van der Waals surface area contributed by atoms with Crippen molar-refractivity contribution in [3.63, 3.8) is 0 Å². The molecule has 1 aromatic rings. The molecule has 0 spiro atoms. The van der Waals surface area contributed by atoms with Crippen LogP contribution in [0.1, 0.15) is 19.3 Å². The highest BCUT2D eigenvalue weighted by molar-refractivity contribution is 6.30. The van der Waals surface area contributed by atoms with E-state index in [2.05, 4.69) is 5.32 Å². The van der Waals surface area contributed by atoms with Crippen LogP contribution in [0.5, 0.6) is 0 Å². The van der Waals surface area contributed by atoms with Crippen molar-refractivity contribution in [1.29, 1.82) is 0 Å². The number of hydrogen-bond acceptors (Lipinski definition) is 2. The number of nitrogens with zero attached hydrogens (tertiary/aromatic N) is 1. The molecule has 1 unspecified atom stereocenters. The first-order valence-electron chi connectivity index (χ1n) is 6.21. The van der Waals surface area contributed by atoms with Crippen LogP contribution in [-0.2, 0) is 4.79 Å². The van der Waals surface area contributed by atoms with Crippen LogP contribution in [0.15, 0.2) is 18.2 Å². The van der Waals surface area contributed by atoms with Crippen molar-refractivity contribution in [2.75, 3.05) is 11.9 Å². The van der Waals surface area contributed by atoms with Gasteiger partial charge in [-0.1, -0.05) is 11.6 Å². The fraction of sp³-hybridized carbons (Fsp3) is 0.385. The quantitative estimate of drug-likeness (QED) is 0.901. The van der Waals surface area contributed by atoms with Gasteiger partial charge < -0.3 is 15.3 Å². The van der Waals surface area contributed by atoms with E-state index in [1.54, 1.807) is 0 Å². The fourth-order valence-electron chi connectivity index (χ4n) is 2.34. The Balaban J connectivity index is 2.05. The molecule has 1 saturated heterocycles. The summed E-state index contributed by atoms with van der Waals surface area (Å²) in [4.78, 5) is 24.3. The molecule has 1 atom stereocenters. The lowest BCUT2D eigenvalue weighted by molar-refractivity contribution is -0.137. The van der Waals surface area contributed by atoms with E-state index in [1.165, 1.54) is 11.0 Å². The molecule has 1 aromatic carbocycles. The normalized spacial score (nSPS) is 18.1. The van der Waals surface area contributed by atoms with Crippen LogP contribution in [0.25, 0.3) is 0 Å². The number of hydrogen-bond donors (Lipinski definition) is 2. The molecule has 5 nitrogen and oxygen atoms in total. The van der Waals surface area contributed by atoms with Crippen molar-refractivity contribution >= 4 is 29.3 Å². The SMILES string of the molecule is O=C(O)CC1CCCN1C(=O)Nc1cc(F)cc(Cl)c1. The van der Waals surface area contributed by atoms with Crippen LogP contribution in [0.4, 0.5) is 14.9 Å². The maximum Gasteiger partial charge on any atom is 0.322 e. The number of amides is 2. The summed E-state index contributed by atoms with van der Waals surface area (Å²) in [5.74, 6) is -1.49. The number of urea groups is 1. The van der Waals surface area contributed by atoms with Gasteiger partial charge in [0.2, 0.25) is 0 Å². The number of carbonyl (C=O) groups excluding carboxylic acids is 1. The summed E-state index contributed by atoms with van der Waals surface area (Å²) in [6.07, 6.45) is 1.33. The average Bonchev–Trinajstić information content (AvgIpc) is 2.74. The lowest BCUT2D eigenvalue weighted by Crippen LogP contribution is -2.39. The highest BCUT2D eigenvalue weighted by atomic mass is 35.5. The average molecular weight is 301 g/mol. The van der Waals surface area contributed by atoms with Gasteiger partial charge in [0.25, 0.3) is 0 Å². The summed E-state index contributed by atoms with van der Waals surface area (Å²) in [5, 5.41) is 11.5. The van der Waals surface area contributed by atoms with Crippen molar-refractivity contribution in [1.82, 2.24) is 4.90 Å². The first-order chi connectivity index (χ1) is 9.45. The summed E-state index contributed by atoms with van der Waals surface area (Å²) < 4.78 is 13.2. The third kappa shape index (κ3) is 3.60. The second-order valence-corrected chi connectivity index (χ2v) is 5.11. The minimum atomic E-state index is -0.941. The molecule has 1 heterocycles. The van der Waals surface area contributed by atoms with E-state index in [0.29, 0.717) is 13.0 Å². The number of carbonyl (C=O) groups is 2. The molecule has 2 amide bonds. The summed E-state index contributed by atoms with van der Waals surface area (Å²) in [6, 6.07) is 2.98. The first kappa shape index (κ1) is 14.6. The van der Waals surface area contributed by atoms with E-state index >= 15 is 0 Å². The standard InChI is InChI=1S/C13H14ClFN2O3/c14-8-4-9(15)6-10(5-8)16-13(20)17-3-1-2-11(17)7-12(18)19/h4-6,11H,1-3,7H2,(H,16,20)(H,18,19). The maximum absolute atomic E-state index is 13.2. The van der Waals surface area contributed by atoms with E-state index in [9.17, 15) is 14.0 Å². The van der Waals surface area contributed by atoms with Crippen molar-refractivity contribution in [2.45, 2.75) is 25.3 Å². The first-order valence-corrected chi connectivity index (χ1v) is 6.59. The fourth-order valence-corrected chi connectivity index (χ4v) is 2.56. The number of carboxylic acids is 1. The second kappa shape index (κ2) is 6.09. The highest BCUT2D eigenvalue weighted by Crippen LogP contribution is 2.23. The number of halogens is 2. The van der Waals surface area contributed by atoms with Crippen molar-refractivity contribution < 1.29 is 19.1 Å². The molecule has 0 radical (unpaired) electrons. The van der Waals surface area contributed by atoms with Gasteiger partial charge in [-0.25, -0.2) is 9.18 Å². The number of likely N-dealkylation sites (tertiary alicyclic amines) is 1. The number of carboxylic acid groups (broad SMARTS) is 1. The lowest BCUT2D eigenvalue weighted by atomic mass is 10.1. The van der Waals surface area contributed by atoms with Crippen LogP contribution >= 0.6 is 11.6 Å². The molecule has 7 heteroatoms. The molecular weight excluding hydrogens is 287 g/mol. The van der Waals surface area contributed by atoms with Crippen molar-refractivity contribution in [3.8, 4) is 0 Å². The van der Waals surface area contributed by atoms with Crippen molar-refractivity contribution in [2.24, 2.45) is 0 Å². The Labute approximate surface area is 120 Å². The summed E-state index contributed by atoms with van der Waals surface area (Å²) in [6.45, 7) is 0.493. The van der Waals surface area contributed by atoms with Crippen LogP contribution in [0.3, 0.4) is 0 Å². The Morgan fingerprint density at radius 2 is 2.20 bits per heavy atom. The van der Waals surface area contributed by atoms with Gasteiger partial charge in [-0.3, -0.25) is 4.79 Å². The predicted molar refractivity (Wildman–Crippen MR) is 72.4 cm³/mol. The molecule has 0 aromatic heterocycles. The third-order valence-electron chi connectivity index (χ3n) is 3.16. The smallest absolute Gasteiger partial charge is 0.322 e. The molecule has 1 aliphatic rings. The molecule has 20 heavy (non-hydrogen) atoms. The van der Waals surface area contributed by atoms with Gasteiger partial charge in [0, 0.05) is 23.3 Å². The van der Waals surface area contributed by atoms with E-state index in [-0.39, 0.29) is 23.2 Å². The van der Waals surface area contributed by atoms with Crippen LogP contribution in [-0.4, -0.2) is 34.6 Å². The summed E-state index contributed by atoms with van der Waals surface area (Å²) in [5.41, 5.74) is 0.251. The van der Waals surface area contributed by atoms with Gasteiger partial charge >= 0.3 is 12.0 Å². The number of anilines is 1. The maximum atomic E-state index is 13.2. The molecule has 0 aliphatic carbocycles. The number of aliphatic carboxylic acids is 1. The third-order valence-corrected chi connectivity index (χ3v) is 3.38. The second-order valence-electron chi connectivity index (χ2n) is 4.68. The van der Waals surface area contributed by atoms with Gasteiger partial charge in [-0.15, -0.1) is 0 Å². The minimum absolute atomic E-state index is 0.0860. The molecule has 0 saturated carbocycles. The molecule has 1 aliphatic heterocycles. The highest BCUT2D eigenvalue weighted by Gasteiger charge is 2.30. The Bertz CT molecular complexity index is 518. The predicted octanol–water partition coefficient (Wildman–Crippen LogP) is 2.95. The summed E-state index contributed by atoms with van der Waals surface area (Å²) >= 11 is 5.71. The topological polar surface area (TPSA) is 69.6 Å². The van der Waals surface area contributed by atoms with E-state index < -0.39 is 17.8 Å². The van der Waals surface area contributed by atoms with E-state index in [4.69, 9.17) is 16.7 Å². The van der Waals surface area contributed by atoms with Gasteiger partial charge in [0.05, 0.1) is 6.42 Å². The van der Waals surface area contributed by atoms with E-state index in [0.717, 1.165) is 18.6 Å². The van der Waals surface area contributed by atoms with Crippen LogP contribution in [0, 0.1) is 5.82 Å². The Kier molecular flexibility index (Phi) is 4.44. The zero-order chi connectivity index (χ0) is 14.7. The lowest BCUT2D eigenvalue weighted by Gasteiger charge is -2.23. The van der Waals surface area contributed by atoms with Gasteiger partial charge in [0.15, 0.2) is 0 Å². The molecule has 108 valence electrons. The van der Waals surface area contributed by atoms with Crippen molar-refractivity contribution in [3.05, 3.63) is 29.0 Å². The Morgan fingerprint density at radius 1 is 1.45 bits per heavy atom. The molecule has 1 fully saturated rings. The van der Waals surface area contributed by atoms with Gasteiger partial charge in [0.1, 0.15) is 5.82 Å². The van der Waals surface area contributed by atoms with Crippen LogP contribution < -0.4 is 5.32 Å². The minimum Gasteiger partial charge on any atom is -0.481 e. The van der Waals surface area contributed by atoms with Gasteiger partial charge in [-0.05, 0) is 31.0 Å². The largest absolute Gasteiger partial charge is 0.481 e. The molecule has 0 bridgehead atoms. The number of nitrogens with one attached hydrogen (secondary N) is 1. The zero-order valence-corrected chi connectivity index (χ0v) is 11.4. The number of rotatable bonds is 3.